The van der Waals surface area contributed by atoms with Gasteiger partial charge < -0.3 is 14.4 Å². The number of ether oxygens (including phenoxy) is 2. The van der Waals surface area contributed by atoms with Crippen molar-refractivity contribution in [2.24, 2.45) is 0 Å². The second-order valence-electron chi connectivity index (χ2n) is 7.65. The molecule has 152 valence electrons. The summed E-state index contributed by atoms with van der Waals surface area (Å²) in [7, 11) is 0. The average molecular weight is 404 g/mol. The largest absolute Gasteiger partial charge is 0.495 e. The number of carbonyl (C=O) groups excluding carboxylic acids is 1. The summed E-state index contributed by atoms with van der Waals surface area (Å²) >= 11 is 6.05. The number of benzene rings is 1. The Hall–Kier alpha value is -1.78. The zero-order valence-corrected chi connectivity index (χ0v) is 17.6. The number of amides is 1. The van der Waals surface area contributed by atoms with E-state index in [1.165, 1.54) is 0 Å². The highest BCUT2D eigenvalue weighted by molar-refractivity contribution is 6.30. The highest BCUT2D eigenvalue weighted by Crippen LogP contribution is 2.45. The van der Waals surface area contributed by atoms with Gasteiger partial charge in [0, 0.05) is 18.2 Å². The van der Waals surface area contributed by atoms with Crippen molar-refractivity contribution in [3.05, 3.63) is 58.8 Å². The third-order valence-corrected chi connectivity index (χ3v) is 5.92. The SMILES string of the molecule is C/C=C\C=C(/C)OCC1CN(C(=O)C2(c3ccc(Cl)cc3)CCC2)CCCO1. The van der Waals surface area contributed by atoms with Crippen LogP contribution < -0.4 is 0 Å². The van der Waals surface area contributed by atoms with E-state index >= 15 is 0 Å². The fraction of sp³-hybridized carbons (Fsp3) is 0.522. The van der Waals surface area contributed by atoms with Gasteiger partial charge in [0.05, 0.1) is 17.7 Å². The standard InChI is InChI=1S/C23H30ClNO3/c1-3-4-7-18(2)28-17-21-16-25(14-6-15-27-21)22(26)23(12-5-13-23)19-8-10-20(24)11-9-19/h3-4,7-11,21H,5-6,12-17H2,1-2H3/b4-3-,18-7+. The molecule has 1 heterocycles. The van der Waals surface area contributed by atoms with Crippen molar-refractivity contribution in [1.29, 1.82) is 0 Å². The van der Waals surface area contributed by atoms with Crippen molar-refractivity contribution in [2.45, 2.75) is 51.0 Å². The number of nitrogens with zero attached hydrogens (tertiary/aromatic N) is 1. The molecule has 0 N–H and O–H groups in total. The Morgan fingerprint density at radius 1 is 1.32 bits per heavy atom. The maximum atomic E-state index is 13.5. The van der Waals surface area contributed by atoms with E-state index in [0.29, 0.717) is 24.8 Å². The molecule has 1 saturated heterocycles. The molecule has 1 aliphatic carbocycles. The quantitative estimate of drug-likeness (QED) is 0.502. The number of halogens is 1. The zero-order valence-electron chi connectivity index (χ0n) is 16.8. The van der Waals surface area contributed by atoms with Gasteiger partial charge >= 0.3 is 0 Å². The van der Waals surface area contributed by atoms with Gasteiger partial charge in [-0.1, -0.05) is 42.3 Å². The molecule has 2 fully saturated rings. The van der Waals surface area contributed by atoms with Crippen LogP contribution in [0.25, 0.3) is 0 Å². The van der Waals surface area contributed by atoms with Crippen LogP contribution in [-0.2, 0) is 19.7 Å². The van der Waals surface area contributed by atoms with Crippen molar-refractivity contribution in [2.75, 3.05) is 26.3 Å². The number of hydrogen-bond acceptors (Lipinski definition) is 3. The van der Waals surface area contributed by atoms with E-state index in [1.54, 1.807) is 0 Å². The molecule has 3 rings (SSSR count). The molecule has 0 aromatic heterocycles. The Morgan fingerprint density at radius 2 is 2.07 bits per heavy atom. The van der Waals surface area contributed by atoms with Gasteiger partial charge in [-0.15, -0.1) is 0 Å². The normalized spacial score (nSPS) is 22.6. The van der Waals surface area contributed by atoms with Crippen LogP contribution in [0.3, 0.4) is 0 Å². The molecule has 0 bridgehead atoms. The first kappa shape index (κ1) is 20.9. The first-order valence-corrected chi connectivity index (χ1v) is 10.5. The Balaban J connectivity index is 1.68. The van der Waals surface area contributed by atoms with Crippen LogP contribution >= 0.6 is 11.6 Å². The molecule has 28 heavy (non-hydrogen) atoms. The van der Waals surface area contributed by atoms with E-state index in [4.69, 9.17) is 21.1 Å². The van der Waals surface area contributed by atoms with Crippen LogP contribution in [-0.4, -0.2) is 43.2 Å². The topological polar surface area (TPSA) is 38.8 Å². The van der Waals surface area contributed by atoms with E-state index < -0.39 is 5.41 Å². The van der Waals surface area contributed by atoms with Crippen molar-refractivity contribution in [3.8, 4) is 0 Å². The number of hydrogen-bond donors (Lipinski definition) is 0. The molecule has 1 aromatic carbocycles. The van der Waals surface area contributed by atoms with E-state index in [0.717, 1.165) is 43.6 Å². The Labute approximate surface area is 173 Å². The van der Waals surface area contributed by atoms with Crippen molar-refractivity contribution in [1.82, 2.24) is 4.90 Å². The van der Waals surface area contributed by atoms with Gasteiger partial charge in [0.25, 0.3) is 0 Å². The van der Waals surface area contributed by atoms with Crippen LogP contribution in [0.1, 0.15) is 45.1 Å². The van der Waals surface area contributed by atoms with E-state index in [1.807, 2.05) is 61.2 Å². The van der Waals surface area contributed by atoms with Gasteiger partial charge in [-0.3, -0.25) is 4.79 Å². The summed E-state index contributed by atoms with van der Waals surface area (Å²) in [5.41, 5.74) is 0.679. The Morgan fingerprint density at radius 3 is 2.71 bits per heavy atom. The summed E-state index contributed by atoms with van der Waals surface area (Å²) in [5.74, 6) is 1.07. The van der Waals surface area contributed by atoms with Crippen molar-refractivity contribution >= 4 is 17.5 Å². The van der Waals surface area contributed by atoms with Crippen LogP contribution in [0.5, 0.6) is 0 Å². The minimum absolute atomic E-state index is 0.109. The number of allylic oxidation sites excluding steroid dienone is 4. The highest BCUT2D eigenvalue weighted by Gasteiger charge is 2.48. The molecule has 5 heteroatoms. The van der Waals surface area contributed by atoms with Crippen molar-refractivity contribution < 1.29 is 14.3 Å². The summed E-state index contributed by atoms with van der Waals surface area (Å²) in [6.07, 6.45) is 9.47. The fourth-order valence-electron chi connectivity index (χ4n) is 3.91. The van der Waals surface area contributed by atoms with Gasteiger partial charge in [-0.2, -0.15) is 0 Å². The summed E-state index contributed by atoms with van der Waals surface area (Å²) in [6.45, 7) is 6.33. The van der Waals surface area contributed by atoms with Gasteiger partial charge in [0.15, 0.2) is 0 Å². The summed E-state index contributed by atoms with van der Waals surface area (Å²) < 4.78 is 11.8. The van der Waals surface area contributed by atoms with Crippen LogP contribution in [0.2, 0.25) is 5.02 Å². The first-order chi connectivity index (χ1) is 13.5. The highest BCUT2D eigenvalue weighted by atomic mass is 35.5. The summed E-state index contributed by atoms with van der Waals surface area (Å²) in [5, 5.41) is 0.701. The maximum Gasteiger partial charge on any atom is 0.233 e. The zero-order chi connectivity index (χ0) is 20.0. The molecule has 1 aromatic rings. The predicted molar refractivity (Wildman–Crippen MR) is 112 cm³/mol. The minimum Gasteiger partial charge on any atom is -0.495 e. The molecule has 4 nitrogen and oxygen atoms in total. The number of carbonyl (C=O) groups is 1. The number of rotatable bonds is 6. The molecule has 1 saturated carbocycles. The van der Waals surface area contributed by atoms with E-state index in [9.17, 15) is 4.79 Å². The monoisotopic (exact) mass is 403 g/mol. The molecule has 1 aliphatic heterocycles. The smallest absolute Gasteiger partial charge is 0.233 e. The lowest BCUT2D eigenvalue weighted by Gasteiger charge is -2.44. The lowest BCUT2D eigenvalue weighted by Crippen LogP contribution is -2.52. The second kappa shape index (κ2) is 9.62. The van der Waals surface area contributed by atoms with Crippen LogP contribution in [0.4, 0.5) is 0 Å². The fourth-order valence-corrected chi connectivity index (χ4v) is 4.04. The third-order valence-electron chi connectivity index (χ3n) is 5.67. The van der Waals surface area contributed by atoms with Gasteiger partial charge in [-0.05, 0) is 56.9 Å². The van der Waals surface area contributed by atoms with Gasteiger partial charge in [-0.25, -0.2) is 0 Å². The summed E-state index contributed by atoms with van der Waals surface area (Å²) in [6, 6.07) is 7.77. The maximum absolute atomic E-state index is 13.5. The van der Waals surface area contributed by atoms with Gasteiger partial charge in [0.1, 0.15) is 12.7 Å². The Bertz CT molecular complexity index is 722. The molecular formula is C23H30ClNO3. The Kier molecular flexibility index (Phi) is 7.19. The third kappa shape index (κ3) is 4.79. The molecule has 2 aliphatic rings. The van der Waals surface area contributed by atoms with Crippen LogP contribution in [0.15, 0.2) is 48.3 Å². The molecule has 1 atom stereocenters. The lowest BCUT2D eigenvalue weighted by molar-refractivity contribution is -0.142. The minimum atomic E-state index is -0.401. The summed E-state index contributed by atoms with van der Waals surface area (Å²) in [4.78, 5) is 15.5. The first-order valence-electron chi connectivity index (χ1n) is 10.1. The van der Waals surface area contributed by atoms with Gasteiger partial charge in [0.2, 0.25) is 5.91 Å². The van der Waals surface area contributed by atoms with E-state index in [-0.39, 0.29) is 12.0 Å². The molecule has 0 radical (unpaired) electrons. The van der Waals surface area contributed by atoms with Crippen molar-refractivity contribution in [3.63, 3.8) is 0 Å². The second-order valence-corrected chi connectivity index (χ2v) is 8.09. The molecular weight excluding hydrogens is 374 g/mol. The molecule has 1 amide bonds. The average Bonchev–Trinajstić information content (AvgIpc) is 2.91. The lowest BCUT2D eigenvalue weighted by atomic mass is 9.63. The van der Waals surface area contributed by atoms with Crippen LogP contribution in [0, 0.1) is 0 Å². The predicted octanol–water partition coefficient (Wildman–Crippen LogP) is 4.88. The van der Waals surface area contributed by atoms with E-state index in [2.05, 4.69) is 0 Å². The molecule has 1 unspecified atom stereocenters. The molecule has 0 spiro atoms.